The molecule has 0 fully saturated rings. The number of carbonyl (C=O) groups excluding carboxylic acids is 1. The second-order valence-corrected chi connectivity index (χ2v) is 5.04. The minimum Gasteiger partial charge on any atom is -0.480 e. The maximum Gasteiger partial charge on any atom is 0.416 e. The fourth-order valence-corrected chi connectivity index (χ4v) is 1.81. The summed E-state index contributed by atoms with van der Waals surface area (Å²) in [6.07, 6.45) is -4.69. The summed E-state index contributed by atoms with van der Waals surface area (Å²) in [7, 11) is 0. The van der Waals surface area contributed by atoms with Gasteiger partial charge >= 0.3 is 12.1 Å². The third-order valence-corrected chi connectivity index (χ3v) is 3.05. The Kier molecular flexibility index (Phi) is 5.51. The highest BCUT2D eigenvalue weighted by atomic mass is 19.4. The smallest absolute Gasteiger partial charge is 0.416 e. The Balaban J connectivity index is 3.18. The maximum absolute atomic E-state index is 12.9. The van der Waals surface area contributed by atoms with Gasteiger partial charge in [0, 0.05) is 5.56 Å². The predicted molar refractivity (Wildman–Crippen MR) is 70.0 cm³/mol. The Morgan fingerprint density at radius 2 is 1.86 bits per heavy atom. The third-order valence-electron chi connectivity index (χ3n) is 3.05. The zero-order chi connectivity index (χ0) is 17.1. The van der Waals surface area contributed by atoms with Crippen molar-refractivity contribution in [2.45, 2.75) is 32.7 Å². The molecule has 0 saturated heterocycles. The highest BCUT2D eigenvalue weighted by Crippen LogP contribution is 2.30. The van der Waals surface area contributed by atoms with Gasteiger partial charge in [0.15, 0.2) is 0 Å². The molecule has 0 saturated carbocycles. The number of alkyl halides is 4. The lowest BCUT2D eigenvalue weighted by molar-refractivity contribution is -0.140. The molecule has 0 bridgehead atoms. The number of nitrogens with one attached hydrogen (secondary N) is 1. The van der Waals surface area contributed by atoms with Crippen LogP contribution in [0.1, 0.15) is 35.3 Å². The normalized spacial score (nSPS) is 13.0. The van der Waals surface area contributed by atoms with Gasteiger partial charge in [-0.2, -0.15) is 13.2 Å². The van der Waals surface area contributed by atoms with Crippen LogP contribution in [0, 0.1) is 5.92 Å². The highest BCUT2D eigenvalue weighted by Gasteiger charge is 2.32. The molecule has 0 aromatic heterocycles. The van der Waals surface area contributed by atoms with Crippen molar-refractivity contribution >= 4 is 11.9 Å². The summed E-state index contributed by atoms with van der Waals surface area (Å²) in [5.41, 5.74) is -1.87. The van der Waals surface area contributed by atoms with Crippen LogP contribution in [0.5, 0.6) is 0 Å². The SMILES string of the molecule is CC(C)[C@@H](NC(=O)c1cc(C(F)(F)F)ccc1CF)C(=O)O. The molecule has 1 aromatic rings. The minimum absolute atomic E-state index is 0.238. The van der Waals surface area contributed by atoms with E-state index in [9.17, 15) is 27.2 Å². The number of carbonyl (C=O) groups is 2. The van der Waals surface area contributed by atoms with Crippen molar-refractivity contribution < 1.29 is 32.3 Å². The summed E-state index contributed by atoms with van der Waals surface area (Å²) in [5, 5.41) is 11.1. The largest absolute Gasteiger partial charge is 0.480 e. The summed E-state index contributed by atoms with van der Waals surface area (Å²) in [6, 6.07) is 0.768. The van der Waals surface area contributed by atoms with Crippen molar-refractivity contribution in [2.24, 2.45) is 5.92 Å². The third kappa shape index (κ3) is 4.19. The minimum atomic E-state index is -4.69. The molecule has 1 rings (SSSR count). The number of carboxylic acid groups (broad SMARTS) is 1. The average molecular weight is 321 g/mol. The number of carboxylic acids is 1. The van der Waals surface area contributed by atoms with Gasteiger partial charge in [0.1, 0.15) is 12.7 Å². The first-order valence-corrected chi connectivity index (χ1v) is 6.37. The Morgan fingerprint density at radius 3 is 2.27 bits per heavy atom. The number of hydrogen-bond donors (Lipinski definition) is 2. The molecule has 0 unspecified atom stereocenters. The quantitative estimate of drug-likeness (QED) is 0.819. The highest BCUT2D eigenvalue weighted by molar-refractivity contribution is 5.98. The van der Waals surface area contributed by atoms with E-state index in [2.05, 4.69) is 5.32 Å². The van der Waals surface area contributed by atoms with Gasteiger partial charge in [-0.25, -0.2) is 9.18 Å². The van der Waals surface area contributed by atoms with E-state index < -0.39 is 47.8 Å². The van der Waals surface area contributed by atoms with Gasteiger partial charge in [-0.1, -0.05) is 19.9 Å². The molecule has 0 radical (unpaired) electrons. The number of rotatable bonds is 5. The van der Waals surface area contributed by atoms with Crippen molar-refractivity contribution in [1.82, 2.24) is 5.32 Å². The molecular weight excluding hydrogens is 306 g/mol. The van der Waals surface area contributed by atoms with E-state index in [4.69, 9.17) is 5.11 Å². The maximum atomic E-state index is 12.9. The van der Waals surface area contributed by atoms with E-state index >= 15 is 0 Å². The first-order valence-electron chi connectivity index (χ1n) is 6.37. The number of hydrogen-bond acceptors (Lipinski definition) is 2. The Morgan fingerprint density at radius 1 is 1.27 bits per heavy atom. The second-order valence-electron chi connectivity index (χ2n) is 5.04. The molecule has 0 aliphatic heterocycles. The molecule has 0 aliphatic carbocycles. The van der Waals surface area contributed by atoms with E-state index in [1.807, 2.05) is 0 Å². The lowest BCUT2D eigenvalue weighted by Crippen LogP contribution is -2.44. The average Bonchev–Trinajstić information content (AvgIpc) is 2.41. The van der Waals surface area contributed by atoms with Gasteiger partial charge in [-0.15, -0.1) is 0 Å². The summed E-state index contributed by atoms with van der Waals surface area (Å²) >= 11 is 0. The molecule has 2 N–H and O–H groups in total. The first-order chi connectivity index (χ1) is 10.1. The fraction of sp³-hybridized carbons (Fsp3) is 0.429. The number of amides is 1. The van der Waals surface area contributed by atoms with E-state index in [1.54, 1.807) is 0 Å². The Bertz CT molecular complexity index is 570. The van der Waals surface area contributed by atoms with Crippen LogP contribution in [-0.2, 0) is 17.6 Å². The predicted octanol–water partition coefficient (Wildman–Crippen LogP) is 3.01. The summed E-state index contributed by atoms with van der Waals surface area (Å²) in [4.78, 5) is 23.0. The lowest BCUT2D eigenvalue weighted by Gasteiger charge is -2.19. The van der Waals surface area contributed by atoms with Gasteiger partial charge in [-0.05, 0) is 23.6 Å². The molecule has 122 valence electrons. The van der Waals surface area contributed by atoms with Crippen LogP contribution in [0.4, 0.5) is 17.6 Å². The number of benzene rings is 1. The van der Waals surface area contributed by atoms with E-state index in [-0.39, 0.29) is 5.56 Å². The molecule has 22 heavy (non-hydrogen) atoms. The van der Waals surface area contributed by atoms with Crippen LogP contribution in [-0.4, -0.2) is 23.0 Å². The monoisotopic (exact) mass is 321 g/mol. The van der Waals surface area contributed by atoms with Crippen LogP contribution in [0.3, 0.4) is 0 Å². The second kappa shape index (κ2) is 6.76. The van der Waals surface area contributed by atoms with Crippen LogP contribution >= 0.6 is 0 Å². The molecule has 8 heteroatoms. The van der Waals surface area contributed by atoms with Gasteiger partial charge in [-0.3, -0.25) is 4.79 Å². The molecule has 0 aliphatic rings. The molecule has 1 aromatic carbocycles. The van der Waals surface area contributed by atoms with E-state index in [1.165, 1.54) is 13.8 Å². The topological polar surface area (TPSA) is 66.4 Å². The van der Waals surface area contributed by atoms with Crippen molar-refractivity contribution in [3.8, 4) is 0 Å². The van der Waals surface area contributed by atoms with E-state index in [0.29, 0.717) is 12.1 Å². The van der Waals surface area contributed by atoms with Gasteiger partial charge < -0.3 is 10.4 Å². The zero-order valence-electron chi connectivity index (χ0n) is 11.9. The van der Waals surface area contributed by atoms with Crippen molar-refractivity contribution in [1.29, 1.82) is 0 Å². The van der Waals surface area contributed by atoms with Crippen LogP contribution in [0.15, 0.2) is 18.2 Å². The summed E-state index contributed by atoms with van der Waals surface area (Å²) < 4.78 is 50.9. The van der Waals surface area contributed by atoms with Crippen LogP contribution in [0.2, 0.25) is 0 Å². The van der Waals surface area contributed by atoms with Crippen LogP contribution < -0.4 is 5.32 Å². The number of halogens is 4. The summed E-state index contributed by atoms with van der Waals surface area (Å²) in [5.74, 6) is -2.86. The number of aliphatic carboxylic acids is 1. The molecule has 0 spiro atoms. The Hall–Kier alpha value is -2.12. The van der Waals surface area contributed by atoms with Gasteiger partial charge in [0.05, 0.1) is 5.56 Å². The van der Waals surface area contributed by atoms with Crippen LogP contribution in [0.25, 0.3) is 0 Å². The van der Waals surface area contributed by atoms with E-state index in [0.717, 1.165) is 6.07 Å². The lowest BCUT2D eigenvalue weighted by atomic mass is 10.0. The molecular formula is C14H15F4NO3. The van der Waals surface area contributed by atoms with Gasteiger partial charge in [0.2, 0.25) is 0 Å². The Labute approximate surface area is 124 Å². The molecule has 1 amide bonds. The summed E-state index contributed by atoms with van der Waals surface area (Å²) in [6.45, 7) is 1.92. The zero-order valence-corrected chi connectivity index (χ0v) is 11.9. The van der Waals surface area contributed by atoms with Crippen molar-refractivity contribution in [3.05, 3.63) is 34.9 Å². The standard InChI is InChI=1S/C14H15F4NO3/c1-7(2)11(13(21)22)19-12(20)10-5-9(14(16,17)18)4-3-8(10)6-15/h3-5,7,11H,6H2,1-2H3,(H,19,20)(H,21,22)/t11-/m1/s1. The van der Waals surface area contributed by atoms with Crippen molar-refractivity contribution in [3.63, 3.8) is 0 Å². The molecule has 4 nitrogen and oxygen atoms in total. The van der Waals surface area contributed by atoms with Crippen molar-refractivity contribution in [2.75, 3.05) is 0 Å². The van der Waals surface area contributed by atoms with Gasteiger partial charge in [0.25, 0.3) is 5.91 Å². The fourth-order valence-electron chi connectivity index (χ4n) is 1.81. The molecule has 0 heterocycles. The molecule has 1 atom stereocenters. The first kappa shape index (κ1) is 17.9.